The van der Waals surface area contributed by atoms with Crippen LogP contribution in [0.5, 0.6) is 11.5 Å². The maximum atomic E-state index is 12.6. The Morgan fingerprint density at radius 3 is 2.46 bits per heavy atom. The van der Waals surface area contributed by atoms with Crippen molar-refractivity contribution >= 4 is 46.4 Å². The number of hydrazone groups is 1. The number of methoxy groups -OCH3 is 1. The molecule has 8 nitrogen and oxygen atoms in total. The van der Waals surface area contributed by atoms with Crippen LogP contribution in [0.25, 0.3) is 10.8 Å². The average molecular weight is 516 g/mol. The van der Waals surface area contributed by atoms with Gasteiger partial charge in [-0.05, 0) is 64.9 Å². The van der Waals surface area contributed by atoms with Crippen LogP contribution in [-0.4, -0.2) is 37.7 Å². The summed E-state index contributed by atoms with van der Waals surface area (Å²) in [5, 5.41) is 8.76. The fourth-order valence-corrected chi connectivity index (χ4v) is 3.62. The number of carbonyl (C=O) groups excluding carboxylic acids is 3. The van der Waals surface area contributed by atoms with Crippen LogP contribution in [0.15, 0.2) is 90.0 Å². The summed E-state index contributed by atoms with van der Waals surface area (Å²) in [6.07, 6.45) is 1.40. The molecule has 0 bridgehead atoms. The van der Waals surface area contributed by atoms with Crippen LogP contribution in [0.4, 0.5) is 0 Å². The van der Waals surface area contributed by atoms with E-state index in [0.29, 0.717) is 27.5 Å². The van der Waals surface area contributed by atoms with E-state index in [0.717, 1.165) is 10.8 Å². The molecule has 0 radical (unpaired) electrons. The van der Waals surface area contributed by atoms with Crippen molar-refractivity contribution in [2.24, 2.45) is 5.10 Å². The van der Waals surface area contributed by atoms with Crippen molar-refractivity contribution in [3.63, 3.8) is 0 Å². The molecule has 0 aliphatic rings. The molecule has 0 aromatic heterocycles. The first kappa shape index (κ1) is 25.4. The van der Waals surface area contributed by atoms with E-state index >= 15 is 0 Å². The third kappa shape index (κ3) is 6.50. The van der Waals surface area contributed by atoms with Gasteiger partial charge in [-0.15, -0.1) is 0 Å². The zero-order valence-corrected chi connectivity index (χ0v) is 20.5. The molecule has 0 atom stereocenters. The smallest absolute Gasteiger partial charge is 0.343 e. The predicted octanol–water partition coefficient (Wildman–Crippen LogP) is 4.60. The number of nitrogens with zero attached hydrogens (tertiary/aromatic N) is 1. The molecule has 37 heavy (non-hydrogen) atoms. The number of esters is 1. The van der Waals surface area contributed by atoms with Crippen LogP contribution >= 0.6 is 11.6 Å². The number of carbonyl (C=O) groups is 3. The van der Waals surface area contributed by atoms with E-state index in [-0.39, 0.29) is 18.2 Å². The molecule has 4 aromatic carbocycles. The maximum absolute atomic E-state index is 12.6. The molecule has 186 valence electrons. The fraction of sp³-hybridized carbons (Fsp3) is 0.0714. The zero-order chi connectivity index (χ0) is 26.2. The van der Waals surface area contributed by atoms with Crippen LogP contribution in [0.2, 0.25) is 5.02 Å². The standard InChI is InChI=1S/C28H22ClN3O5/c1-36-25-15-18(9-14-24(25)37-28(35)20-10-12-21(29)13-11-20)16-31-32-26(33)17-30-27(34)23-8-4-6-19-5-2-3-7-22(19)23/h2-16H,17H2,1H3,(H,30,34)(H,32,33). The number of hydrogen-bond donors (Lipinski definition) is 2. The summed E-state index contributed by atoms with van der Waals surface area (Å²) in [4.78, 5) is 37.1. The minimum absolute atomic E-state index is 0.222. The van der Waals surface area contributed by atoms with Gasteiger partial charge in [0.1, 0.15) is 0 Å². The molecule has 0 unspecified atom stereocenters. The highest BCUT2D eigenvalue weighted by Gasteiger charge is 2.13. The Labute approximate surface area is 217 Å². The number of benzene rings is 4. The molecule has 9 heteroatoms. The van der Waals surface area contributed by atoms with Crippen molar-refractivity contribution in [3.8, 4) is 11.5 Å². The van der Waals surface area contributed by atoms with Gasteiger partial charge in [-0.25, -0.2) is 10.2 Å². The second-order valence-corrected chi connectivity index (χ2v) is 8.25. The first-order valence-electron chi connectivity index (χ1n) is 11.2. The van der Waals surface area contributed by atoms with Crippen LogP contribution < -0.4 is 20.2 Å². The highest BCUT2D eigenvalue weighted by atomic mass is 35.5. The Morgan fingerprint density at radius 2 is 1.68 bits per heavy atom. The van der Waals surface area contributed by atoms with Gasteiger partial charge in [-0.3, -0.25) is 9.59 Å². The average Bonchev–Trinajstić information content (AvgIpc) is 2.92. The second-order valence-electron chi connectivity index (χ2n) is 7.81. The predicted molar refractivity (Wildman–Crippen MR) is 141 cm³/mol. The monoisotopic (exact) mass is 515 g/mol. The third-order valence-corrected chi connectivity index (χ3v) is 5.57. The SMILES string of the molecule is COc1cc(C=NNC(=O)CNC(=O)c2cccc3ccccc23)ccc1OC(=O)c1ccc(Cl)cc1. The van der Waals surface area contributed by atoms with Gasteiger partial charge in [0.25, 0.3) is 11.8 Å². The fourth-order valence-electron chi connectivity index (χ4n) is 3.49. The topological polar surface area (TPSA) is 106 Å². The van der Waals surface area contributed by atoms with Crippen LogP contribution in [-0.2, 0) is 4.79 Å². The molecule has 0 spiro atoms. The number of rotatable bonds is 8. The van der Waals surface area contributed by atoms with E-state index in [2.05, 4.69) is 15.8 Å². The number of nitrogens with one attached hydrogen (secondary N) is 2. The zero-order valence-electron chi connectivity index (χ0n) is 19.7. The van der Waals surface area contributed by atoms with Crippen molar-refractivity contribution in [3.05, 3.63) is 107 Å². The Bertz CT molecular complexity index is 1480. The molecule has 0 fully saturated rings. The highest BCUT2D eigenvalue weighted by molar-refractivity contribution is 6.30. The van der Waals surface area contributed by atoms with E-state index in [1.165, 1.54) is 13.3 Å². The Kier molecular flexibility index (Phi) is 8.12. The molecule has 2 amide bonds. The van der Waals surface area contributed by atoms with Crippen LogP contribution in [0.1, 0.15) is 26.3 Å². The Hall–Kier alpha value is -4.69. The number of ether oxygens (including phenoxy) is 2. The first-order chi connectivity index (χ1) is 17.9. The molecule has 4 aromatic rings. The molecular formula is C28H22ClN3O5. The summed E-state index contributed by atoms with van der Waals surface area (Å²) in [6.45, 7) is -0.248. The quantitative estimate of drug-likeness (QED) is 0.154. The van der Waals surface area contributed by atoms with Gasteiger partial charge >= 0.3 is 5.97 Å². The summed E-state index contributed by atoms with van der Waals surface area (Å²) in [5.41, 5.74) is 3.78. The van der Waals surface area contributed by atoms with Crippen molar-refractivity contribution in [2.75, 3.05) is 13.7 Å². The molecule has 0 aliphatic heterocycles. The van der Waals surface area contributed by atoms with E-state index in [9.17, 15) is 14.4 Å². The van der Waals surface area contributed by atoms with Gasteiger partial charge in [0.05, 0.1) is 25.4 Å². The minimum atomic E-state index is -0.561. The van der Waals surface area contributed by atoms with Crippen LogP contribution in [0, 0.1) is 0 Å². The normalized spacial score (nSPS) is 10.8. The summed E-state index contributed by atoms with van der Waals surface area (Å²) in [6, 6.07) is 24.0. The van der Waals surface area contributed by atoms with E-state index in [1.54, 1.807) is 54.6 Å². The van der Waals surface area contributed by atoms with Crippen molar-refractivity contribution in [2.45, 2.75) is 0 Å². The van der Waals surface area contributed by atoms with Gasteiger partial charge in [0.2, 0.25) is 0 Å². The van der Waals surface area contributed by atoms with E-state index < -0.39 is 11.9 Å². The summed E-state index contributed by atoms with van der Waals surface area (Å²) < 4.78 is 10.7. The molecule has 4 rings (SSSR count). The van der Waals surface area contributed by atoms with Gasteiger partial charge in [-0.1, -0.05) is 48.0 Å². The molecule has 0 saturated heterocycles. The van der Waals surface area contributed by atoms with Gasteiger partial charge in [-0.2, -0.15) is 5.10 Å². The van der Waals surface area contributed by atoms with E-state index in [1.807, 2.05) is 30.3 Å². The first-order valence-corrected chi connectivity index (χ1v) is 11.6. The molecule has 2 N–H and O–H groups in total. The molecular weight excluding hydrogens is 494 g/mol. The van der Waals surface area contributed by atoms with Crippen LogP contribution in [0.3, 0.4) is 0 Å². The van der Waals surface area contributed by atoms with E-state index in [4.69, 9.17) is 21.1 Å². The Morgan fingerprint density at radius 1 is 0.919 bits per heavy atom. The lowest BCUT2D eigenvalue weighted by molar-refractivity contribution is -0.120. The number of amides is 2. The second kappa shape index (κ2) is 11.8. The summed E-state index contributed by atoms with van der Waals surface area (Å²) >= 11 is 5.85. The summed E-state index contributed by atoms with van der Waals surface area (Å²) in [5.74, 6) is -0.886. The van der Waals surface area contributed by atoms with Gasteiger partial charge in [0.15, 0.2) is 11.5 Å². The molecule has 0 saturated carbocycles. The number of fused-ring (bicyclic) bond motifs is 1. The summed E-state index contributed by atoms with van der Waals surface area (Å²) in [7, 11) is 1.44. The minimum Gasteiger partial charge on any atom is -0.493 e. The lowest BCUT2D eigenvalue weighted by Crippen LogP contribution is -2.35. The third-order valence-electron chi connectivity index (χ3n) is 5.32. The lowest BCUT2D eigenvalue weighted by atomic mass is 10.0. The van der Waals surface area contributed by atoms with Crippen molar-refractivity contribution in [1.29, 1.82) is 0 Å². The number of hydrogen-bond acceptors (Lipinski definition) is 6. The van der Waals surface area contributed by atoms with Gasteiger partial charge < -0.3 is 14.8 Å². The van der Waals surface area contributed by atoms with Gasteiger partial charge in [0, 0.05) is 10.6 Å². The lowest BCUT2D eigenvalue weighted by Gasteiger charge is -2.10. The van der Waals surface area contributed by atoms with Crippen molar-refractivity contribution < 1.29 is 23.9 Å². The number of halogens is 1. The maximum Gasteiger partial charge on any atom is 0.343 e. The molecule has 0 aliphatic carbocycles. The Balaban J connectivity index is 1.32. The largest absolute Gasteiger partial charge is 0.493 e. The highest BCUT2D eigenvalue weighted by Crippen LogP contribution is 2.28. The molecule has 0 heterocycles. The van der Waals surface area contributed by atoms with Crippen molar-refractivity contribution in [1.82, 2.24) is 10.7 Å².